The van der Waals surface area contributed by atoms with Crippen LogP contribution in [0.15, 0.2) is 50.7 Å². The molecule has 1 amide bonds. The second-order valence-electron chi connectivity index (χ2n) is 6.84. The van der Waals surface area contributed by atoms with Crippen molar-refractivity contribution in [2.45, 2.75) is 18.7 Å². The number of aromatic nitrogens is 2. The molecule has 1 aliphatic heterocycles. The number of rotatable bonds is 6. The maximum absolute atomic E-state index is 12.5. The second-order valence-corrected chi connectivity index (χ2v) is 8.20. The van der Waals surface area contributed by atoms with Crippen LogP contribution in [0, 0.1) is 6.92 Å². The van der Waals surface area contributed by atoms with Gasteiger partial charge in [0.1, 0.15) is 5.76 Å². The van der Waals surface area contributed by atoms with Gasteiger partial charge in [0, 0.05) is 37.7 Å². The van der Waals surface area contributed by atoms with Crippen molar-refractivity contribution >= 4 is 29.3 Å². The van der Waals surface area contributed by atoms with Crippen LogP contribution in [0.1, 0.15) is 11.3 Å². The van der Waals surface area contributed by atoms with Crippen molar-refractivity contribution in [3.8, 4) is 11.5 Å². The zero-order chi connectivity index (χ0) is 20.2. The van der Waals surface area contributed by atoms with Crippen molar-refractivity contribution in [1.29, 1.82) is 0 Å². The number of carbonyl (C=O) groups is 1. The molecule has 1 fully saturated rings. The van der Waals surface area contributed by atoms with Gasteiger partial charge in [0.05, 0.1) is 17.6 Å². The van der Waals surface area contributed by atoms with Crippen molar-refractivity contribution < 1.29 is 13.6 Å². The predicted molar refractivity (Wildman–Crippen MR) is 111 cm³/mol. The van der Waals surface area contributed by atoms with E-state index in [9.17, 15) is 4.79 Å². The molecule has 1 saturated heterocycles. The van der Waals surface area contributed by atoms with Gasteiger partial charge in [-0.25, -0.2) is 0 Å². The smallest absolute Gasteiger partial charge is 0.277 e. The highest BCUT2D eigenvalue weighted by atomic mass is 35.5. The third-order valence-corrected chi connectivity index (χ3v) is 5.87. The first-order chi connectivity index (χ1) is 14.1. The Morgan fingerprint density at radius 2 is 2.03 bits per heavy atom. The fourth-order valence-corrected chi connectivity index (χ4v) is 4.13. The minimum absolute atomic E-state index is 0.0802. The highest BCUT2D eigenvalue weighted by molar-refractivity contribution is 7.99. The lowest BCUT2D eigenvalue weighted by atomic mass is 10.2. The molecule has 3 aromatic rings. The Balaban J connectivity index is 1.24. The summed E-state index contributed by atoms with van der Waals surface area (Å²) < 4.78 is 10.9. The van der Waals surface area contributed by atoms with Crippen LogP contribution < -0.4 is 0 Å². The largest absolute Gasteiger partial charge is 0.469 e. The molecule has 29 heavy (non-hydrogen) atoms. The lowest BCUT2D eigenvalue weighted by Crippen LogP contribution is -2.48. The molecule has 0 N–H and O–H groups in total. The summed E-state index contributed by atoms with van der Waals surface area (Å²) in [5, 5.41) is 9.17. The van der Waals surface area contributed by atoms with Crippen LogP contribution in [-0.4, -0.2) is 57.8 Å². The van der Waals surface area contributed by atoms with E-state index in [0.717, 1.165) is 36.0 Å². The number of carbonyl (C=O) groups excluding carboxylic acids is 1. The first-order valence-electron chi connectivity index (χ1n) is 9.34. The van der Waals surface area contributed by atoms with Crippen molar-refractivity contribution in [2.24, 2.45) is 0 Å². The highest BCUT2D eigenvalue weighted by Crippen LogP contribution is 2.26. The molecule has 0 unspecified atom stereocenters. The molecule has 0 aliphatic carbocycles. The van der Waals surface area contributed by atoms with Gasteiger partial charge in [-0.1, -0.05) is 35.5 Å². The third-order valence-electron chi connectivity index (χ3n) is 4.84. The predicted octanol–water partition coefficient (Wildman–Crippen LogP) is 3.73. The van der Waals surface area contributed by atoms with Crippen LogP contribution in [0.5, 0.6) is 0 Å². The van der Waals surface area contributed by atoms with Crippen molar-refractivity contribution in [1.82, 2.24) is 20.0 Å². The number of nitrogens with zero attached hydrogens (tertiary/aromatic N) is 4. The lowest BCUT2D eigenvalue weighted by Gasteiger charge is -2.34. The topological polar surface area (TPSA) is 75.6 Å². The minimum atomic E-state index is 0.0802. The van der Waals surface area contributed by atoms with Gasteiger partial charge in [-0.3, -0.25) is 9.69 Å². The average Bonchev–Trinajstić information content (AvgIpc) is 3.35. The van der Waals surface area contributed by atoms with Gasteiger partial charge in [0.25, 0.3) is 11.1 Å². The Labute approximate surface area is 178 Å². The molecule has 152 valence electrons. The van der Waals surface area contributed by atoms with E-state index >= 15 is 0 Å². The Morgan fingerprint density at radius 3 is 2.76 bits per heavy atom. The van der Waals surface area contributed by atoms with E-state index in [2.05, 4.69) is 21.2 Å². The van der Waals surface area contributed by atoms with Crippen LogP contribution in [0.2, 0.25) is 5.02 Å². The zero-order valence-corrected chi connectivity index (χ0v) is 17.6. The number of amides is 1. The number of hydrogen-bond acceptors (Lipinski definition) is 7. The molecule has 0 saturated carbocycles. The normalized spacial score (nSPS) is 15.0. The number of hydrogen-bond donors (Lipinski definition) is 0. The van der Waals surface area contributed by atoms with Crippen LogP contribution in [0.3, 0.4) is 0 Å². The first kappa shape index (κ1) is 20.0. The second kappa shape index (κ2) is 9.02. The summed E-state index contributed by atoms with van der Waals surface area (Å²) in [6.07, 6.45) is 1.58. The Kier molecular flexibility index (Phi) is 6.22. The summed E-state index contributed by atoms with van der Waals surface area (Å²) in [4.78, 5) is 16.8. The van der Waals surface area contributed by atoms with Gasteiger partial charge < -0.3 is 13.7 Å². The van der Waals surface area contributed by atoms with E-state index in [1.807, 2.05) is 30.0 Å². The van der Waals surface area contributed by atoms with Crippen LogP contribution in [0.25, 0.3) is 11.5 Å². The van der Waals surface area contributed by atoms with E-state index in [0.29, 0.717) is 24.2 Å². The molecule has 2 aromatic heterocycles. The molecule has 7 nitrogen and oxygen atoms in total. The van der Waals surface area contributed by atoms with Gasteiger partial charge in [-0.2, -0.15) is 0 Å². The molecule has 0 bridgehead atoms. The molecule has 1 aromatic carbocycles. The molecular weight excluding hydrogens is 412 g/mol. The van der Waals surface area contributed by atoms with E-state index < -0.39 is 0 Å². The molecule has 1 aliphatic rings. The maximum atomic E-state index is 12.5. The number of halogens is 1. The summed E-state index contributed by atoms with van der Waals surface area (Å²) in [7, 11) is 0. The number of benzene rings is 1. The molecule has 0 atom stereocenters. The third kappa shape index (κ3) is 5.01. The fourth-order valence-electron chi connectivity index (χ4n) is 3.25. The Bertz CT molecular complexity index is 982. The monoisotopic (exact) mass is 432 g/mol. The zero-order valence-electron chi connectivity index (χ0n) is 16.0. The van der Waals surface area contributed by atoms with E-state index in [1.54, 1.807) is 12.3 Å². The van der Waals surface area contributed by atoms with Gasteiger partial charge in [-0.05, 0) is 30.7 Å². The number of thioether (sulfide) groups is 1. The van der Waals surface area contributed by atoms with Gasteiger partial charge in [-0.15, -0.1) is 10.2 Å². The Hall–Kier alpha value is -2.29. The van der Waals surface area contributed by atoms with Crippen LogP contribution in [0.4, 0.5) is 0 Å². The van der Waals surface area contributed by atoms with Crippen LogP contribution in [-0.2, 0) is 11.3 Å². The van der Waals surface area contributed by atoms with Crippen molar-refractivity contribution in [3.63, 3.8) is 0 Å². The standard InChI is InChI=1S/C20H21ClN4O3S/c1-14-17(5-10-27-14)19-22-23-20(28-19)29-13-18(26)25-8-6-24(7-9-25)12-15-3-2-4-16(21)11-15/h2-5,10-11H,6-9,12-13H2,1H3. The molecule has 9 heteroatoms. The highest BCUT2D eigenvalue weighted by Gasteiger charge is 2.22. The van der Waals surface area contributed by atoms with Crippen molar-refractivity contribution in [2.75, 3.05) is 31.9 Å². The summed E-state index contributed by atoms with van der Waals surface area (Å²) in [5.41, 5.74) is 1.96. The summed E-state index contributed by atoms with van der Waals surface area (Å²) in [6.45, 7) is 5.78. The minimum Gasteiger partial charge on any atom is -0.469 e. The van der Waals surface area contributed by atoms with E-state index in [1.165, 1.54) is 17.3 Å². The SMILES string of the molecule is Cc1occc1-c1nnc(SCC(=O)N2CCN(Cc3cccc(Cl)c3)CC2)o1. The van der Waals surface area contributed by atoms with E-state index in [4.69, 9.17) is 20.4 Å². The fraction of sp³-hybridized carbons (Fsp3) is 0.350. The number of piperazine rings is 1. The molecule has 0 radical (unpaired) electrons. The summed E-state index contributed by atoms with van der Waals surface area (Å²) >= 11 is 7.32. The number of furan rings is 1. The molecule has 4 rings (SSSR count). The average molecular weight is 433 g/mol. The van der Waals surface area contributed by atoms with Gasteiger partial charge in [0.2, 0.25) is 5.91 Å². The van der Waals surface area contributed by atoms with Crippen LogP contribution >= 0.6 is 23.4 Å². The maximum Gasteiger partial charge on any atom is 0.277 e. The quantitative estimate of drug-likeness (QED) is 0.549. The molecular formula is C20H21ClN4O3S. The van der Waals surface area contributed by atoms with Gasteiger partial charge >= 0.3 is 0 Å². The Morgan fingerprint density at radius 1 is 1.21 bits per heavy atom. The lowest BCUT2D eigenvalue weighted by molar-refractivity contribution is -0.130. The molecule has 0 spiro atoms. The number of aryl methyl sites for hydroxylation is 1. The first-order valence-corrected chi connectivity index (χ1v) is 10.7. The van der Waals surface area contributed by atoms with Crippen molar-refractivity contribution in [3.05, 3.63) is 52.9 Å². The summed E-state index contributed by atoms with van der Waals surface area (Å²) in [6, 6.07) is 9.68. The summed E-state index contributed by atoms with van der Waals surface area (Å²) in [5.74, 6) is 1.48. The molecule has 3 heterocycles. The van der Waals surface area contributed by atoms with E-state index in [-0.39, 0.29) is 11.7 Å². The van der Waals surface area contributed by atoms with Gasteiger partial charge in [0.15, 0.2) is 0 Å².